The van der Waals surface area contributed by atoms with Gasteiger partial charge in [0, 0.05) is 19.2 Å². The summed E-state index contributed by atoms with van der Waals surface area (Å²) in [5.41, 5.74) is 1.32. The maximum Gasteiger partial charge on any atom is 0.177 e. The average molecular weight is 257 g/mol. The van der Waals surface area contributed by atoms with Crippen molar-refractivity contribution in [1.82, 2.24) is 19.8 Å². The number of aromatic nitrogens is 4. The summed E-state index contributed by atoms with van der Waals surface area (Å²) in [5, 5.41) is 12.0. The van der Waals surface area contributed by atoms with Crippen molar-refractivity contribution in [3.8, 4) is 0 Å². The fourth-order valence-corrected chi connectivity index (χ4v) is 1.89. The van der Waals surface area contributed by atoms with Gasteiger partial charge in [-0.2, -0.15) is 4.52 Å². The quantitative estimate of drug-likeness (QED) is 0.719. The van der Waals surface area contributed by atoms with Gasteiger partial charge in [-0.3, -0.25) is 0 Å². The average Bonchev–Trinajstić information content (AvgIpc) is 2.88. The summed E-state index contributed by atoms with van der Waals surface area (Å²) < 4.78 is 15.2. The van der Waals surface area contributed by atoms with Gasteiger partial charge in [0.05, 0.1) is 0 Å². The summed E-state index contributed by atoms with van der Waals surface area (Å²) in [6.45, 7) is 0.452. The Hall–Kier alpha value is -2.50. The van der Waals surface area contributed by atoms with Crippen LogP contribution in [0.25, 0.3) is 5.65 Å². The molecule has 0 bridgehead atoms. The molecule has 2 aromatic heterocycles. The number of nitrogens with zero attached hydrogens (tertiary/aromatic N) is 5. The summed E-state index contributed by atoms with van der Waals surface area (Å²) in [7, 11) is 1.87. The Morgan fingerprint density at radius 1 is 1.21 bits per heavy atom. The molecule has 0 aliphatic carbocycles. The van der Waals surface area contributed by atoms with Crippen molar-refractivity contribution in [2.24, 2.45) is 0 Å². The Kier molecular flexibility index (Phi) is 2.83. The molecule has 0 unspecified atom stereocenters. The maximum absolute atomic E-state index is 13.6. The molecule has 0 spiro atoms. The van der Waals surface area contributed by atoms with E-state index < -0.39 is 0 Å². The van der Waals surface area contributed by atoms with Crippen molar-refractivity contribution in [3.05, 3.63) is 54.1 Å². The molecular formula is C13H12FN5. The predicted octanol–water partition coefficient (Wildman–Crippen LogP) is 1.90. The zero-order valence-electron chi connectivity index (χ0n) is 10.4. The van der Waals surface area contributed by atoms with E-state index in [2.05, 4.69) is 15.3 Å². The Morgan fingerprint density at radius 2 is 2.05 bits per heavy atom. The molecule has 0 amide bonds. The standard InChI is InChI=1S/C13H12FN5/c1-18(8-10-4-2-3-5-11(10)14)13-7-6-12-16-15-9-19(12)17-13/h2-7,9H,8H2,1H3. The van der Waals surface area contributed by atoms with Crippen molar-refractivity contribution in [3.63, 3.8) is 0 Å². The second-order valence-electron chi connectivity index (χ2n) is 4.27. The van der Waals surface area contributed by atoms with Gasteiger partial charge in [0.25, 0.3) is 0 Å². The SMILES string of the molecule is CN(Cc1ccccc1F)c1ccc2nncn2n1. The Bertz CT molecular complexity index is 709. The molecule has 5 nitrogen and oxygen atoms in total. The lowest BCUT2D eigenvalue weighted by molar-refractivity contribution is 0.607. The molecule has 96 valence electrons. The minimum atomic E-state index is -0.209. The van der Waals surface area contributed by atoms with E-state index >= 15 is 0 Å². The van der Waals surface area contributed by atoms with Crippen LogP contribution in [0.4, 0.5) is 10.2 Å². The van der Waals surface area contributed by atoms with E-state index in [0.29, 0.717) is 17.8 Å². The number of anilines is 1. The van der Waals surface area contributed by atoms with Crippen LogP contribution in [-0.2, 0) is 6.54 Å². The largest absolute Gasteiger partial charge is 0.354 e. The fourth-order valence-electron chi connectivity index (χ4n) is 1.89. The van der Waals surface area contributed by atoms with Gasteiger partial charge in [0.2, 0.25) is 0 Å². The van der Waals surface area contributed by atoms with Crippen LogP contribution in [0.2, 0.25) is 0 Å². The second kappa shape index (κ2) is 4.64. The highest BCUT2D eigenvalue weighted by atomic mass is 19.1. The summed E-state index contributed by atoms with van der Waals surface area (Å²) in [6, 6.07) is 10.4. The molecule has 0 saturated heterocycles. The van der Waals surface area contributed by atoms with Crippen LogP contribution in [0.15, 0.2) is 42.7 Å². The highest BCUT2D eigenvalue weighted by Gasteiger charge is 2.08. The van der Waals surface area contributed by atoms with Gasteiger partial charge in [0.1, 0.15) is 18.0 Å². The summed E-state index contributed by atoms with van der Waals surface area (Å²) >= 11 is 0. The normalized spacial score (nSPS) is 10.8. The highest BCUT2D eigenvalue weighted by Crippen LogP contribution is 2.14. The van der Waals surface area contributed by atoms with E-state index in [1.807, 2.05) is 30.1 Å². The topological polar surface area (TPSA) is 46.3 Å². The minimum Gasteiger partial charge on any atom is -0.354 e. The van der Waals surface area contributed by atoms with Gasteiger partial charge in [0.15, 0.2) is 5.65 Å². The first-order chi connectivity index (χ1) is 9.24. The molecule has 0 aliphatic rings. The van der Waals surface area contributed by atoms with Crippen molar-refractivity contribution in [2.45, 2.75) is 6.54 Å². The zero-order valence-corrected chi connectivity index (χ0v) is 10.4. The van der Waals surface area contributed by atoms with E-state index in [4.69, 9.17) is 0 Å². The molecule has 3 rings (SSSR count). The van der Waals surface area contributed by atoms with Crippen LogP contribution < -0.4 is 4.90 Å². The molecule has 0 radical (unpaired) electrons. The van der Waals surface area contributed by atoms with Crippen molar-refractivity contribution < 1.29 is 4.39 Å². The van der Waals surface area contributed by atoms with Gasteiger partial charge >= 0.3 is 0 Å². The third-order valence-electron chi connectivity index (χ3n) is 2.90. The molecule has 2 heterocycles. The van der Waals surface area contributed by atoms with Gasteiger partial charge in [-0.1, -0.05) is 18.2 Å². The van der Waals surface area contributed by atoms with Crippen LogP contribution in [0.3, 0.4) is 0 Å². The van der Waals surface area contributed by atoms with Crippen LogP contribution >= 0.6 is 0 Å². The Balaban J connectivity index is 1.87. The molecule has 6 heteroatoms. The third-order valence-corrected chi connectivity index (χ3v) is 2.90. The fraction of sp³-hybridized carbons (Fsp3) is 0.154. The number of halogens is 1. The first kappa shape index (κ1) is 11.6. The van der Waals surface area contributed by atoms with Crippen molar-refractivity contribution in [1.29, 1.82) is 0 Å². The number of hydrogen-bond donors (Lipinski definition) is 0. The Morgan fingerprint density at radius 3 is 2.89 bits per heavy atom. The third kappa shape index (κ3) is 2.24. The van der Waals surface area contributed by atoms with Gasteiger partial charge < -0.3 is 4.90 Å². The molecule has 0 fully saturated rings. The Labute approximate surface area is 109 Å². The molecule has 19 heavy (non-hydrogen) atoms. The van der Waals surface area contributed by atoms with E-state index in [9.17, 15) is 4.39 Å². The summed E-state index contributed by atoms with van der Waals surface area (Å²) in [4.78, 5) is 1.87. The number of rotatable bonds is 3. The van der Waals surface area contributed by atoms with Crippen LogP contribution in [0, 0.1) is 5.82 Å². The smallest absolute Gasteiger partial charge is 0.177 e. The summed E-state index contributed by atoms with van der Waals surface area (Å²) in [5.74, 6) is 0.523. The first-order valence-electron chi connectivity index (χ1n) is 5.85. The molecule has 3 aromatic rings. The van der Waals surface area contributed by atoms with Gasteiger partial charge in [-0.15, -0.1) is 15.3 Å². The first-order valence-corrected chi connectivity index (χ1v) is 5.85. The predicted molar refractivity (Wildman–Crippen MR) is 69.3 cm³/mol. The lowest BCUT2D eigenvalue weighted by Crippen LogP contribution is -2.19. The van der Waals surface area contributed by atoms with E-state index in [-0.39, 0.29) is 5.82 Å². The molecule has 1 aromatic carbocycles. The van der Waals surface area contributed by atoms with Crippen LogP contribution in [0.5, 0.6) is 0 Å². The number of benzene rings is 1. The summed E-state index contributed by atoms with van der Waals surface area (Å²) in [6.07, 6.45) is 1.54. The van der Waals surface area contributed by atoms with E-state index in [1.165, 1.54) is 12.4 Å². The van der Waals surface area contributed by atoms with E-state index in [1.54, 1.807) is 16.6 Å². The second-order valence-corrected chi connectivity index (χ2v) is 4.27. The lowest BCUT2D eigenvalue weighted by Gasteiger charge is -2.18. The highest BCUT2D eigenvalue weighted by molar-refractivity contribution is 5.44. The van der Waals surface area contributed by atoms with Crippen LogP contribution in [-0.4, -0.2) is 26.9 Å². The molecule has 0 N–H and O–H groups in total. The van der Waals surface area contributed by atoms with E-state index in [0.717, 1.165) is 5.82 Å². The molecular weight excluding hydrogens is 245 g/mol. The van der Waals surface area contributed by atoms with Crippen molar-refractivity contribution >= 4 is 11.5 Å². The lowest BCUT2D eigenvalue weighted by atomic mass is 10.2. The molecule has 0 saturated carbocycles. The zero-order chi connectivity index (χ0) is 13.2. The molecule has 0 atom stereocenters. The van der Waals surface area contributed by atoms with Gasteiger partial charge in [-0.25, -0.2) is 4.39 Å². The number of hydrogen-bond acceptors (Lipinski definition) is 4. The van der Waals surface area contributed by atoms with Crippen LogP contribution in [0.1, 0.15) is 5.56 Å². The monoisotopic (exact) mass is 257 g/mol. The molecule has 0 aliphatic heterocycles. The minimum absolute atomic E-state index is 0.209. The maximum atomic E-state index is 13.6. The number of fused-ring (bicyclic) bond motifs is 1. The van der Waals surface area contributed by atoms with Gasteiger partial charge in [-0.05, 0) is 18.2 Å². The van der Waals surface area contributed by atoms with Crippen molar-refractivity contribution in [2.75, 3.05) is 11.9 Å².